The fourth-order valence-electron chi connectivity index (χ4n) is 2.99. The number of hydrogen-bond acceptors (Lipinski definition) is 8. The zero-order valence-corrected chi connectivity index (χ0v) is 17.4. The predicted molar refractivity (Wildman–Crippen MR) is 112 cm³/mol. The molecule has 0 saturated heterocycles. The number of sulfonamides is 1. The summed E-state index contributed by atoms with van der Waals surface area (Å²) < 4.78 is 27.9. The van der Waals surface area contributed by atoms with Crippen molar-refractivity contribution >= 4 is 27.7 Å². The molecule has 32 heavy (non-hydrogen) atoms. The van der Waals surface area contributed by atoms with E-state index in [2.05, 4.69) is 36.1 Å². The molecule has 1 aliphatic heterocycles. The van der Waals surface area contributed by atoms with Crippen molar-refractivity contribution in [3.8, 4) is 5.69 Å². The van der Waals surface area contributed by atoms with Gasteiger partial charge in [-0.3, -0.25) is 30.2 Å². The molecule has 1 aromatic heterocycles. The van der Waals surface area contributed by atoms with Crippen molar-refractivity contribution in [1.82, 2.24) is 35.8 Å². The molecule has 12 nitrogen and oxygen atoms in total. The maximum Gasteiger partial charge on any atom is 0.269 e. The zero-order chi connectivity index (χ0) is 22.6. The Bertz CT molecular complexity index is 1270. The topological polar surface area (TPSA) is 160 Å². The maximum atomic E-state index is 12.2. The lowest BCUT2D eigenvalue weighted by molar-refractivity contribution is -0.121. The molecule has 0 spiro atoms. The molecule has 0 unspecified atom stereocenters. The minimum Gasteiger partial charge on any atom is -0.273 e. The van der Waals surface area contributed by atoms with Gasteiger partial charge in [-0.05, 0) is 53.2 Å². The van der Waals surface area contributed by atoms with Crippen LogP contribution in [0.5, 0.6) is 0 Å². The Hall–Kier alpha value is -4.13. The van der Waals surface area contributed by atoms with Gasteiger partial charge in [-0.1, -0.05) is 12.1 Å². The summed E-state index contributed by atoms with van der Waals surface area (Å²) in [5, 5.41) is 10.8. The van der Waals surface area contributed by atoms with E-state index in [4.69, 9.17) is 0 Å². The van der Waals surface area contributed by atoms with E-state index in [1.165, 1.54) is 17.1 Å². The molecule has 13 heteroatoms. The lowest BCUT2D eigenvalue weighted by Gasteiger charge is -2.07. The average molecular weight is 454 g/mol. The third kappa shape index (κ3) is 4.62. The van der Waals surface area contributed by atoms with Crippen molar-refractivity contribution in [1.29, 1.82) is 0 Å². The molecule has 2 aromatic carbocycles. The van der Waals surface area contributed by atoms with Crippen LogP contribution in [-0.2, 0) is 14.8 Å². The van der Waals surface area contributed by atoms with Crippen LogP contribution in [0.15, 0.2) is 64.7 Å². The standard InChI is InChI=1S/C19H18N8O4S/c28-17(6-3-11-20-18-15-4-1-2-5-16(15)32(30,31)24-18)22-23-19(29)13-7-9-14(10-8-13)27-12-21-25-26-27/h1-2,4-5,7-10,12H,3,6,11H2,(H,20,24)(H,22,28)(H,23,29). The molecule has 0 bridgehead atoms. The summed E-state index contributed by atoms with van der Waals surface area (Å²) in [5.74, 6) is -0.602. The molecule has 2 heterocycles. The smallest absolute Gasteiger partial charge is 0.269 e. The largest absolute Gasteiger partial charge is 0.273 e. The number of amides is 2. The molecule has 0 atom stereocenters. The number of tetrazole rings is 1. The van der Waals surface area contributed by atoms with E-state index in [0.717, 1.165) is 0 Å². The van der Waals surface area contributed by atoms with E-state index in [1.54, 1.807) is 42.5 Å². The molecule has 3 N–H and O–H groups in total. The third-order valence-corrected chi connectivity index (χ3v) is 5.95. The first kappa shape index (κ1) is 21.1. The first-order valence-electron chi connectivity index (χ1n) is 9.53. The van der Waals surface area contributed by atoms with Crippen molar-refractivity contribution in [3.63, 3.8) is 0 Å². The summed E-state index contributed by atoms with van der Waals surface area (Å²) in [6, 6.07) is 13.0. The Morgan fingerprint density at radius 1 is 1.06 bits per heavy atom. The number of nitrogens with one attached hydrogen (secondary N) is 3. The Balaban J connectivity index is 1.23. The lowest BCUT2D eigenvalue weighted by Crippen LogP contribution is -2.41. The van der Waals surface area contributed by atoms with Crippen molar-refractivity contribution in [3.05, 3.63) is 66.0 Å². The highest BCUT2D eigenvalue weighted by atomic mass is 32.2. The SMILES string of the molecule is O=C(CCCN=C1NS(=O)(=O)c2ccccc21)NNC(=O)c1ccc(-n2cnnn2)cc1. The van der Waals surface area contributed by atoms with Crippen LogP contribution in [0.1, 0.15) is 28.8 Å². The third-order valence-electron chi connectivity index (χ3n) is 4.55. The van der Waals surface area contributed by atoms with Gasteiger partial charge in [0.15, 0.2) is 0 Å². The Labute approximate surface area is 182 Å². The minimum atomic E-state index is -3.59. The molecule has 0 aliphatic carbocycles. The van der Waals surface area contributed by atoms with Gasteiger partial charge in [0.25, 0.3) is 15.9 Å². The number of carbonyl (C=O) groups is 2. The van der Waals surface area contributed by atoms with E-state index in [1.807, 2.05) is 0 Å². The Morgan fingerprint density at radius 3 is 2.59 bits per heavy atom. The van der Waals surface area contributed by atoms with Crippen LogP contribution in [0, 0.1) is 0 Å². The highest BCUT2D eigenvalue weighted by Crippen LogP contribution is 2.22. The molecule has 164 valence electrons. The fraction of sp³-hybridized carbons (Fsp3) is 0.158. The number of benzene rings is 2. The lowest BCUT2D eigenvalue weighted by atomic mass is 10.2. The van der Waals surface area contributed by atoms with Gasteiger partial charge >= 0.3 is 0 Å². The average Bonchev–Trinajstić information content (AvgIpc) is 3.42. The second-order valence-corrected chi connectivity index (χ2v) is 8.39. The summed E-state index contributed by atoms with van der Waals surface area (Å²) in [6.45, 7) is 0.242. The van der Waals surface area contributed by atoms with Crippen LogP contribution in [0.2, 0.25) is 0 Å². The number of nitrogens with zero attached hydrogens (tertiary/aromatic N) is 5. The predicted octanol–water partition coefficient (Wildman–Crippen LogP) is -0.0578. The van der Waals surface area contributed by atoms with Crippen LogP contribution in [0.4, 0.5) is 0 Å². The van der Waals surface area contributed by atoms with Gasteiger partial charge in [-0.15, -0.1) is 5.10 Å². The number of rotatable bonds is 6. The highest BCUT2D eigenvalue weighted by molar-refractivity contribution is 7.90. The first-order chi connectivity index (χ1) is 15.4. The molecule has 2 amide bonds. The van der Waals surface area contributed by atoms with Gasteiger partial charge in [-0.2, -0.15) is 0 Å². The molecular weight excluding hydrogens is 436 g/mol. The monoisotopic (exact) mass is 454 g/mol. The Morgan fingerprint density at radius 2 is 1.84 bits per heavy atom. The van der Waals surface area contributed by atoms with E-state index in [0.29, 0.717) is 23.2 Å². The van der Waals surface area contributed by atoms with Crippen molar-refractivity contribution in [2.75, 3.05) is 6.54 Å². The van der Waals surface area contributed by atoms with E-state index >= 15 is 0 Å². The number of hydrazine groups is 1. The second-order valence-electron chi connectivity index (χ2n) is 6.74. The van der Waals surface area contributed by atoms with Crippen LogP contribution >= 0.6 is 0 Å². The van der Waals surface area contributed by atoms with E-state index < -0.39 is 21.8 Å². The number of amidine groups is 1. The summed E-state index contributed by atoms with van der Waals surface area (Å²) >= 11 is 0. The van der Waals surface area contributed by atoms with E-state index in [-0.39, 0.29) is 23.7 Å². The normalized spacial score (nSPS) is 15.1. The van der Waals surface area contributed by atoms with Gasteiger partial charge in [0, 0.05) is 24.1 Å². The second kappa shape index (κ2) is 8.93. The Kier molecular flexibility index (Phi) is 5.89. The zero-order valence-electron chi connectivity index (χ0n) is 16.6. The van der Waals surface area contributed by atoms with Gasteiger partial charge in [0.2, 0.25) is 5.91 Å². The van der Waals surface area contributed by atoms with Crippen molar-refractivity contribution in [2.45, 2.75) is 17.7 Å². The van der Waals surface area contributed by atoms with Crippen molar-refractivity contribution in [2.24, 2.45) is 4.99 Å². The quantitative estimate of drug-likeness (QED) is 0.347. The van der Waals surface area contributed by atoms with Crippen LogP contribution in [0.3, 0.4) is 0 Å². The van der Waals surface area contributed by atoms with Gasteiger partial charge in [-0.25, -0.2) is 13.1 Å². The molecule has 4 rings (SSSR count). The number of fused-ring (bicyclic) bond motifs is 1. The number of hydrogen-bond donors (Lipinski definition) is 3. The minimum absolute atomic E-state index is 0.101. The van der Waals surface area contributed by atoms with E-state index in [9.17, 15) is 18.0 Å². The molecular formula is C19H18N8O4S. The molecule has 1 aliphatic rings. The van der Waals surface area contributed by atoms with Crippen LogP contribution in [0.25, 0.3) is 5.69 Å². The summed E-state index contributed by atoms with van der Waals surface area (Å²) in [7, 11) is -3.59. The highest BCUT2D eigenvalue weighted by Gasteiger charge is 2.29. The first-order valence-corrected chi connectivity index (χ1v) is 11.0. The van der Waals surface area contributed by atoms with Gasteiger partial charge in [0.1, 0.15) is 12.2 Å². The maximum absolute atomic E-state index is 12.2. The summed E-state index contributed by atoms with van der Waals surface area (Å²) in [5.41, 5.74) is 6.23. The fourth-order valence-corrected chi connectivity index (χ4v) is 4.24. The number of aromatic nitrogens is 4. The van der Waals surface area contributed by atoms with Gasteiger partial charge < -0.3 is 0 Å². The molecule has 0 saturated carbocycles. The van der Waals surface area contributed by atoms with Crippen molar-refractivity contribution < 1.29 is 18.0 Å². The number of aliphatic imine (C=N–C) groups is 1. The number of carbonyl (C=O) groups excluding carboxylic acids is 2. The molecule has 0 radical (unpaired) electrons. The van der Waals surface area contributed by atoms with Crippen LogP contribution < -0.4 is 15.6 Å². The summed E-state index contributed by atoms with van der Waals surface area (Å²) in [6.07, 6.45) is 1.90. The molecule has 3 aromatic rings. The van der Waals surface area contributed by atoms with Crippen LogP contribution in [-0.4, -0.2) is 52.8 Å². The summed E-state index contributed by atoms with van der Waals surface area (Å²) in [4.78, 5) is 28.6. The molecule has 0 fully saturated rings. The van der Waals surface area contributed by atoms with Gasteiger partial charge in [0.05, 0.1) is 10.6 Å².